The molecule has 138 valence electrons. The van der Waals surface area contributed by atoms with Crippen LogP contribution in [0.25, 0.3) is 0 Å². The highest BCUT2D eigenvalue weighted by Crippen LogP contribution is 2.49. The van der Waals surface area contributed by atoms with Crippen molar-refractivity contribution in [2.24, 2.45) is 5.92 Å². The molecule has 1 saturated heterocycles. The molecule has 1 aliphatic heterocycles. The maximum Gasteiger partial charge on any atom is 0.115 e. The lowest BCUT2D eigenvalue weighted by Gasteiger charge is -2.54. The van der Waals surface area contributed by atoms with Crippen LogP contribution in [0.3, 0.4) is 0 Å². The van der Waals surface area contributed by atoms with Gasteiger partial charge in [0, 0.05) is 31.9 Å². The number of fused-ring (bicyclic) bond motifs is 4. The highest BCUT2D eigenvalue weighted by Gasteiger charge is 2.48. The first-order chi connectivity index (χ1) is 12.5. The van der Waals surface area contributed by atoms with Crippen LogP contribution < -0.4 is 4.90 Å². The number of hydrogen-bond donors (Lipinski definition) is 1. The van der Waals surface area contributed by atoms with Crippen LogP contribution in [0.4, 0.5) is 5.69 Å². The first-order valence-corrected chi connectivity index (χ1v) is 9.81. The van der Waals surface area contributed by atoms with Crippen molar-refractivity contribution in [2.75, 3.05) is 31.6 Å². The third-order valence-corrected chi connectivity index (χ3v) is 7.03. The Balaban J connectivity index is 1.51. The Morgan fingerprint density at radius 2 is 1.96 bits per heavy atom. The van der Waals surface area contributed by atoms with Crippen LogP contribution in [-0.4, -0.2) is 42.7 Å². The molecule has 0 radical (unpaired) electrons. The molecule has 2 aromatic carbocycles. The van der Waals surface area contributed by atoms with Crippen molar-refractivity contribution in [1.82, 2.24) is 4.90 Å². The van der Waals surface area contributed by atoms with Crippen molar-refractivity contribution >= 4 is 5.69 Å². The van der Waals surface area contributed by atoms with E-state index in [1.54, 1.807) is 0 Å². The van der Waals surface area contributed by atoms with E-state index < -0.39 is 0 Å². The van der Waals surface area contributed by atoms with Crippen LogP contribution in [0.2, 0.25) is 0 Å². The van der Waals surface area contributed by atoms with Crippen LogP contribution in [0.5, 0.6) is 5.75 Å². The van der Waals surface area contributed by atoms with Gasteiger partial charge in [-0.1, -0.05) is 38.1 Å². The van der Waals surface area contributed by atoms with Gasteiger partial charge in [-0.25, -0.2) is 0 Å². The lowest BCUT2D eigenvalue weighted by Crippen LogP contribution is -2.58. The highest BCUT2D eigenvalue weighted by atomic mass is 16.3. The molecule has 0 saturated carbocycles. The fourth-order valence-electron chi connectivity index (χ4n) is 5.06. The Labute approximate surface area is 157 Å². The molecule has 1 heterocycles. The van der Waals surface area contributed by atoms with Gasteiger partial charge in [0.1, 0.15) is 5.75 Å². The number of piperidine rings is 1. The molecule has 1 aliphatic carbocycles. The van der Waals surface area contributed by atoms with Gasteiger partial charge in [0.05, 0.1) is 0 Å². The summed E-state index contributed by atoms with van der Waals surface area (Å²) in [6.45, 7) is 8.10. The van der Waals surface area contributed by atoms with Crippen molar-refractivity contribution in [3.63, 3.8) is 0 Å². The quantitative estimate of drug-likeness (QED) is 0.901. The van der Waals surface area contributed by atoms with E-state index in [-0.39, 0.29) is 5.41 Å². The van der Waals surface area contributed by atoms with E-state index in [4.69, 9.17) is 0 Å². The van der Waals surface area contributed by atoms with Crippen LogP contribution in [-0.2, 0) is 11.8 Å². The predicted octanol–water partition coefficient (Wildman–Crippen LogP) is 4.05. The first-order valence-electron chi connectivity index (χ1n) is 9.81. The van der Waals surface area contributed by atoms with Crippen LogP contribution in [0.1, 0.15) is 31.4 Å². The fraction of sp³-hybridized carbons (Fsp3) is 0.478. The largest absolute Gasteiger partial charge is 0.508 e. The molecular weight excluding hydrogens is 320 g/mol. The summed E-state index contributed by atoms with van der Waals surface area (Å²) >= 11 is 0. The van der Waals surface area contributed by atoms with E-state index in [0.29, 0.717) is 17.7 Å². The van der Waals surface area contributed by atoms with Crippen molar-refractivity contribution in [3.8, 4) is 5.75 Å². The van der Waals surface area contributed by atoms with E-state index in [1.807, 2.05) is 12.1 Å². The second-order valence-electron chi connectivity index (χ2n) is 8.36. The minimum atomic E-state index is 0.179. The van der Waals surface area contributed by atoms with Gasteiger partial charge >= 0.3 is 0 Å². The molecule has 0 spiro atoms. The summed E-state index contributed by atoms with van der Waals surface area (Å²) in [7, 11) is 2.19. The summed E-state index contributed by atoms with van der Waals surface area (Å²) in [6.07, 6.45) is 2.26. The Bertz CT molecular complexity index is 775. The molecule has 0 unspecified atom stereocenters. The number of rotatable bonds is 4. The summed E-state index contributed by atoms with van der Waals surface area (Å²) in [5.74, 6) is 1.01. The second kappa shape index (κ2) is 6.62. The molecule has 1 N–H and O–H groups in total. The number of hydrogen-bond acceptors (Lipinski definition) is 3. The number of aromatic hydroxyl groups is 1. The van der Waals surface area contributed by atoms with Gasteiger partial charge in [0.25, 0.3) is 0 Å². The fourth-order valence-corrected chi connectivity index (χ4v) is 5.06. The zero-order valence-electron chi connectivity index (χ0n) is 16.2. The molecular formula is C23H30N2O. The SMILES string of the molecule is C[C@@H]1[C@@H]2Cc3ccc(O)cc3[C@@]1(C)CCN2CCN(C)c1ccccc1. The number of para-hydroxylation sites is 1. The summed E-state index contributed by atoms with van der Waals surface area (Å²) in [5.41, 5.74) is 4.27. The maximum atomic E-state index is 9.98. The van der Waals surface area contributed by atoms with E-state index in [2.05, 4.69) is 67.1 Å². The summed E-state index contributed by atoms with van der Waals surface area (Å²) < 4.78 is 0. The molecule has 4 rings (SSSR count). The van der Waals surface area contributed by atoms with Gasteiger partial charge in [-0.15, -0.1) is 0 Å². The third kappa shape index (κ3) is 2.88. The Morgan fingerprint density at radius 1 is 1.19 bits per heavy atom. The molecule has 3 nitrogen and oxygen atoms in total. The number of phenols is 1. The summed E-state index contributed by atoms with van der Waals surface area (Å²) in [4.78, 5) is 5.05. The lowest BCUT2D eigenvalue weighted by atomic mass is 9.59. The minimum Gasteiger partial charge on any atom is -0.508 e. The monoisotopic (exact) mass is 350 g/mol. The van der Waals surface area contributed by atoms with Crippen LogP contribution >= 0.6 is 0 Å². The number of phenolic OH excluding ortho intramolecular Hbond substituents is 1. The topological polar surface area (TPSA) is 26.7 Å². The zero-order valence-corrected chi connectivity index (χ0v) is 16.2. The van der Waals surface area contributed by atoms with Gasteiger partial charge in [-0.3, -0.25) is 4.90 Å². The highest BCUT2D eigenvalue weighted by molar-refractivity contribution is 5.45. The number of likely N-dealkylation sites (N-methyl/N-ethyl adjacent to an activating group) is 1. The number of likely N-dealkylation sites (tertiary alicyclic amines) is 1. The number of benzene rings is 2. The Hall–Kier alpha value is -2.00. The molecule has 0 aromatic heterocycles. The summed E-state index contributed by atoms with van der Waals surface area (Å²) in [6, 6.07) is 17.2. The van der Waals surface area contributed by atoms with Crippen molar-refractivity contribution < 1.29 is 5.11 Å². The molecule has 2 aliphatic rings. The molecule has 2 bridgehead atoms. The lowest BCUT2D eigenvalue weighted by molar-refractivity contribution is 0.0335. The van der Waals surface area contributed by atoms with Gasteiger partial charge in [-0.2, -0.15) is 0 Å². The van der Waals surface area contributed by atoms with Crippen molar-refractivity contribution in [2.45, 2.75) is 38.1 Å². The van der Waals surface area contributed by atoms with E-state index >= 15 is 0 Å². The second-order valence-corrected chi connectivity index (χ2v) is 8.36. The van der Waals surface area contributed by atoms with Gasteiger partial charge < -0.3 is 10.0 Å². The predicted molar refractivity (Wildman–Crippen MR) is 108 cm³/mol. The number of nitrogens with zero attached hydrogens (tertiary/aromatic N) is 2. The van der Waals surface area contributed by atoms with Gasteiger partial charge in [0.15, 0.2) is 0 Å². The van der Waals surface area contributed by atoms with E-state index in [0.717, 1.165) is 32.5 Å². The molecule has 3 heteroatoms. The zero-order chi connectivity index (χ0) is 18.3. The van der Waals surface area contributed by atoms with E-state index in [1.165, 1.54) is 16.8 Å². The maximum absolute atomic E-state index is 9.98. The standard InChI is InChI=1S/C23H30N2O/c1-17-22-15-18-9-10-20(26)16-21(18)23(17,2)11-12-25(22)14-13-24(3)19-7-5-4-6-8-19/h4-10,16-17,22,26H,11-15H2,1-3H3/t17-,22+,23+/m1/s1. The van der Waals surface area contributed by atoms with E-state index in [9.17, 15) is 5.11 Å². The van der Waals surface area contributed by atoms with Crippen LogP contribution in [0.15, 0.2) is 48.5 Å². The molecule has 26 heavy (non-hydrogen) atoms. The average Bonchev–Trinajstić information content (AvgIpc) is 2.65. The smallest absolute Gasteiger partial charge is 0.115 e. The van der Waals surface area contributed by atoms with Crippen LogP contribution in [0, 0.1) is 5.92 Å². The normalized spacial score (nSPS) is 27.8. The van der Waals surface area contributed by atoms with Gasteiger partial charge in [-0.05, 0) is 66.1 Å². The number of anilines is 1. The molecule has 0 amide bonds. The Morgan fingerprint density at radius 3 is 2.73 bits per heavy atom. The Kier molecular flexibility index (Phi) is 4.44. The third-order valence-electron chi connectivity index (χ3n) is 7.03. The minimum absolute atomic E-state index is 0.179. The van der Waals surface area contributed by atoms with Gasteiger partial charge in [0.2, 0.25) is 0 Å². The van der Waals surface area contributed by atoms with Crippen molar-refractivity contribution in [1.29, 1.82) is 0 Å². The van der Waals surface area contributed by atoms with Crippen molar-refractivity contribution in [3.05, 3.63) is 59.7 Å². The molecule has 2 aromatic rings. The average molecular weight is 351 g/mol. The molecule has 1 fully saturated rings. The molecule has 3 atom stereocenters. The summed E-state index contributed by atoms with van der Waals surface area (Å²) in [5, 5.41) is 9.98. The first kappa shape index (κ1) is 17.4.